The van der Waals surface area contributed by atoms with E-state index in [1.54, 1.807) is 6.07 Å². The Morgan fingerprint density at radius 3 is 2.83 bits per heavy atom. The van der Waals surface area contributed by atoms with Gasteiger partial charge in [0.2, 0.25) is 0 Å². The predicted octanol–water partition coefficient (Wildman–Crippen LogP) is 1.02. The Bertz CT molecular complexity index is 279. The van der Waals surface area contributed by atoms with Crippen LogP contribution in [0.5, 0.6) is 0 Å². The van der Waals surface area contributed by atoms with Gasteiger partial charge in [-0.2, -0.15) is 5.10 Å². The monoisotopic (exact) mass is 168 g/mol. The van der Waals surface area contributed by atoms with Crippen LogP contribution in [0.25, 0.3) is 0 Å². The van der Waals surface area contributed by atoms with Crippen LogP contribution in [0.4, 0.5) is 10.6 Å². The highest BCUT2D eigenvalue weighted by Crippen LogP contribution is 2.14. The largest absolute Gasteiger partial charge is 0.351 e. The van der Waals surface area contributed by atoms with E-state index in [1.807, 2.05) is 13.8 Å². The van der Waals surface area contributed by atoms with Gasteiger partial charge in [-0.05, 0) is 5.92 Å². The Labute approximate surface area is 70.3 Å². The second-order valence-electron chi connectivity index (χ2n) is 2.85. The first-order valence-electron chi connectivity index (χ1n) is 3.71. The quantitative estimate of drug-likeness (QED) is 0.616. The van der Waals surface area contributed by atoms with Gasteiger partial charge in [-0.3, -0.25) is 10.4 Å². The van der Waals surface area contributed by atoms with E-state index < -0.39 is 6.03 Å². The van der Waals surface area contributed by atoms with Gasteiger partial charge in [0.25, 0.3) is 0 Å². The number of hydrogen-bond acceptors (Lipinski definition) is 2. The van der Waals surface area contributed by atoms with Crippen molar-refractivity contribution in [3.8, 4) is 0 Å². The van der Waals surface area contributed by atoms with Crippen LogP contribution >= 0.6 is 0 Å². The number of carbonyl (C=O) groups is 1. The highest BCUT2D eigenvalue weighted by Gasteiger charge is 2.04. The second kappa shape index (κ2) is 3.25. The zero-order chi connectivity index (χ0) is 9.14. The number of hydrogen-bond donors (Lipinski definition) is 3. The topological polar surface area (TPSA) is 83.8 Å². The normalized spacial score (nSPS) is 10.2. The molecule has 0 atom stereocenters. The van der Waals surface area contributed by atoms with Crippen molar-refractivity contribution in [2.45, 2.75) is 19.8 Å². The molecule has 1 rings (SSSR count). The lowest BCUT2D eigenvalue weighted by Gasteiger charge is -1.96. The van der Waals surface area contributed by atoms with Crippen LogP contribution in [0.1, 0.15) is 25.5 Å². The van der Waals surface area contributed by atoms with E-state index in [0.717, 1.165) is 5.69 Å². The van der Waals surface area contributed by atoms with Gasteiger partial charge in [0.1, 0.15) is 0 Å². The van der Waals surface area contributed by atoms with E-state index in [-0.39, 0.29) is 0 Å². The van der Waals surface area contributed by atoms with Crippen molar-refractivity contribution >= 4 is 11.8 Å². The van der Waals surface area contributed by atoms with Crippen molar-refractivity contribution in [1.82, 2.24) is 10.2 Å². The van der Waals surface area contributed by atoms with Crippen LogP contribution in [-0.4, -0.2) is 16.2 Å². The Kier molecular flexibility index (Phi) is 2.32. The van der Waals surface area contributed by atoms with Crippen LogP contribution in [0.15, 0.2) is 6.07 Å². The van der Waals surface area contributed by atoms with Gasteiger partial charge < -0.3 is 5.73 Å². The number of nitrogens with zero attached hydrogens (tertiary/aromatic N) is 1. The first-order valence-corrected chi connectivity index (χ1v) is 3.71. The lowest BCUT2D eigenvalue weighted by molar-refractivity contribution is 0.259. The van der Waals surface area contributed by atoms with Gasteiger partial charge in [0, 0.05) is 11.8 Å². The van der Waals surface area contributed by atoms with Gasteiger partial charge in [0.15, 0.2) is 5.82 Å². The summed E-state index contributed by atoms with van der Waals surface area (Å²) in [5, 5.41) is 9.01. The molecule has 1 aromatic heterocycles. The molecule has 5 heteroatoms. The molecule has 0 saturated heterocycles. The maximum absolute atomic E-state index is 10.4. The first kappa shape index (κ1) is 8.58. The van der Waals surface area contributed by atoms with Crippen molar-refractivity contribution in [3.05, 3.63) is 11.8 Å². The second-order valence-corrected chi connectivity index (χ2v) is 2.85. The number of anilines is 1. The van der Waals surface area contributed by atoms with Crippen LogP contribution in [0, 0.1) is 0 Å². The van der Waals surface area contributed by atoms with Crippen molar-refractivity contribution < 1.29 is 4.79 Å². The minimum Gasteiger partial charge on any atom is -0.351 e. The average molecular weight is 168 g/mol. The molecule has 1 aromatic rings. The third kappa shape index (κ3) is 1.98. The zero-order valence-electron chi connectivity index (χ0n) is 7.09. The van der Waals surface area contributed by atoms with Crippen LogP contribution in [0.2, 0.25) is 0 Å². The number of amides is 2. The minimum atomic E-state index is -0.600. The Morgan fingerprint density at radius 2 is 2.42 bits per heavy atom. The average Bonchev–Trinajstić information content (AvgIpc) is 2.34. The smallest absolute Gasteiger partial charge is 0.317 e. The van der Waals surface area contributed by atoms with Gasteiger partial charge >= 0.3 is 6.03 Å². The fraction of sp³-hybridized carbons (Fsp3) is 0.429. The standard InChI is InChI=1S/C7H12N4O/c1-4(2)5-3-6(11-10-5)9-7(8)12/h3-4H,1-2H3,(H4,8,9,10,11,12). The third-order valence-electron chi connectivity index (χ3n) is 1.47. The molecule has 0 unspecified atom stereocenters. The first-order chi connectivity index (χ1) is 5.59. The third-order valence-corrected chi connectivity index (χ3v) is 1.47. The molecule has 1 heterocycles. The van der Waals surface area contributed by atoms with Gasteiger partial charge in [0.05, 0.1) is 0 Å². The van der Waals surface area contributed by atoms with Gasteiger partial charge in [-0.15, -0.1) is 0 Å². The summed E-state index contributed by atoms with van der Waals surface area (Å²) in [5.41, 5.74) is 5.88. The summed E-state index contributed by atoms with van der Waals surface area (Å²) < 4.78 is 0. The molecule has 0 spiro atoms. The molecule has 12 heavy (non-hydrogen) atoms. The lowest BCUT2D eigenvalue weighted by Crippen LogP contribution is -2.19. The van der Waals surface area contributed by atoms with E-state index in [1.165, 1.54) is 0 Å². The maximum Gasteiger partial charge on any atom is 0.317 e. The molecule has 0 radical (unpaired) electrons. The van der Waals surface area contributed by atoms with Crippen LogP contribution in [-0.2, 0) is 0 Å². The molecule has 0 aromatic carbocycles. The highest BCUT2D eigenvalue weighted by atomic mass is 16.2. The molecule has 0 bridgehead atoms. The molecule has 66 valence electrons. The molecule has 0 fully saturated rings. The van der Waals surface area contributed by atoms with Crippen molar-refractivity contribution in [2.75, 3.05) is 5.32 Å². The Balaban J connectivity index is 2.70. The van der Waals surface area contributed by atoms with E-state index in [4.69, 9.17) is 5.73 Å². The number of nitrogens with one attached hydrogen (secondary N) is 2. The van der Waals surface area contributed by atoms with Crippen LogP contribution < -0.4 is 11.1 Å². The maximum atomic E-state index is 10.4. The molecule has 0 aliphatic rings. The zero-order valence-corrected chi connectivity index (χ0v) is 7.09. The Hall–Kier alpha value is -1.52. The molecular formula is C7H12N4O. The molecular weight excluding hydrogens is 156 g/mol. The summed E-state index contributed by atoms with van der Waals surface area (Å²) >= 11 is 0. The molecule has 4 N–H and O–H groups in total. The number of nitrogens with two attached hydrogens (primary N) is 1. The number of urea groups is 1. The van der Waals surface area contributed by atoms with Crippen LogP contribution in [0.3, 0.4) is 0 Å². The summed E-state index contributed by atoms with van der Waals surface area (Å²) in [4.78, 5) is 10.4. The van der Waals surface area contributed by atoms with Crippen molar-refractivity contribution in [1.29, 1.82) is 0 Å². The van der Waals surface area contributed by atoms with Gasteiger partial charge in [-0.1, -0.05) is 13.8 Å². The molecule has 0 aliphatic heterocycles. The number of primary amides is 1. The lowest BCUT2D eigenvalue weighted by atomic mass is 10.1. The number of rotatable bonds is 2. The summed E-state index contributed by atoms with van der Waals surface area (Å²) in [6.07, 6.45) is 0. The molecule has 2 amide bonds. The van der Waals surface area contributed by atoms with E-state index >= 15 is 0 Å². The van der Waals surface area contributed by atoms with Gasteiger partial charge in [-0.25, -0.2) is 4.79 Å². The molecule has 5 nitrogen and oxygen atoms in total. The van der Waals surface area contributed by atoms with E-state index in [0.29, 0.717) is 11.7 Å². The summed E-state index contributed by atoms with van der Waals surface area (Å²) in [7, 11) is 0. The summed E-state index contributed by atoms with van der Waals surface area (Å²) in [5.74, 6) is 0.826. The fourth-order valence-electron chi connectivity index (χ4n) is 0.823. The molecule has 0 saturated carbocycles. The number of aromatic nitrogens is 2. The van der Waals surface area contributed by atoms with Crippen molar-refractivity contribution in [2.24, 2.45) is 5.73 Å². The SMILES string of the molecule is CC(C)c1cc(NC(N)=O)n[nH]1. The summed E-state index contributed by atoms with van der Waals surface area (Å²) in [6.45, 7) is 4.06. The number of H-pyrrole nitrogens is 1. The summed E-state index contributed by atoms with van der Waals surface area (Å²) in [6, 6.07) is 1.16. The van der Waals surface area contributed by atoms with E-state index in [9.17, 15) is 4.79 Å². The molecule has 0 aliphatic carbocycles. The van der Waals surface area contributed by atoms with Crippen molar-refractivity contribution in [3.63, 3.8) is 0 Å². The van der Waals surface area contributed by atoms with E-state index in [2.05, 4.69) is 15.5 Å². The fourth-order valence-corrected chi connectivity index (χ4v) is 0.823. The number of aromatic amines is 1. The predicted molar refractivity (Wildman–Crippen MR) is 45.9 cm³/mol. The Morgan fingerprint density at radius 1 is 1.75 bits per heavy atom. The minimum absolute atomic E-state index is 0.362. The highest BCUT2D eigenvalue weighted by molar-refractivity contribution is 5.86. The number of carbonyl (C=O) groups excluding carboxylic acids is 1.